The summed E-state index contributed by atoms with van der Waals surface area (Å²) in [6, 6.07) is -0.551. The van der Waals surface area contributed by atoms with Crippen molar-refractivity contribution in [1.29, 1.82) is 0 Å². The first-order chi connectivity index (χ1) is 11.5. The van der Waals surface area contributed by atoms with Crippen LogP contribution in [0.2, 0.25) is 0 Å². The number of H-pyrrole nitrogens is 1. The summed E-state index contributed by atoms with van der Waals surface area (Å²) in [5.41, 5.74) is 0.975. The third kappa shape index (κ3) is 4.00. The van der Waals surface area contributed by atoms with Crippen molar-refractivity contribution in [3.63, 3.8) is 0 Å². The number of carbonyl (C=O) groups excluding carboxylic acids is 2. The highest BCUT2D eigenvalue weighted by atomic mass is 32.1. The summed E-state index contributed by atoms with van der Waals surface area (Å²) in [6.45, 7) is 4.06. The lowest BCUT2D eigenvalue weighted by atomic mass is 10.0. The van der Waals surface area contributed by atoms with Gasteiger partial charge in [0.1, 0.15) is 6.04 Å². The van der Waals surface area contributed by atoms with Crippen molar-refractivity contribution in [1.82, 2.24) is 20.3 Å². The molecular formula is C16H21N5O2S. The minimum absolute atomic E-state index is 0.0745. The van der Waals surface area contributed by atoms with Crippen LogP contribution in [0.3, 0.4) is 0 Å². The second kappa shape index (κ2) is 7.12. The van der Waals surface area contributed by atoms with Crippen LogP contribution in [0, 0.1) is 11.8 Å². The summed E-state index contributed by atoms with van der Waals surface area (Å²) in [7, 11) is 0. The van der Waals surface area contributed by atoms with E-state index in [2.05, 4.69) is 25.6 Å². The van der Waals surface area contributed by atoms with E-state index >= 15 is 0 Å². The Morgan fingerprint density at radius 2 is 2.29 bits per heavy atom. The van der Waals surface area contributed by atoms with Gasteiger partial charge in [-0.15, -0.1) is 11.3 Å². The molecule has 3 N–H and O–H groups in total. The van der Waals surface area contributed by atoms with E-state index in [0.29, 0.717) is 17.5 Å². The van der Waals surface area contributed by atoms with Crippen LogP contribution < -0.4 is 10.6 Å². The van der Waals surface area contributed by atoms with Crippen molar-refractivity contribution in [2.24, 2.45) is 11.8 Å². The van der Waals surface area contributed by atoms with E-state index in [9.17, 15) is 9.59 Å². The van der Waals surface area contributed by atoms with Crippen molar-refractivity contribution >= 4 is 28.3 Å². The minimum Gasteiger partial charge on any atom is -0.348 e. The van der Waals surface area contributed by atoms with Crippen molar-refractivity contribution in [3.05, 3.63) is 29.8 Å². The number of hydrogen-bond acceptors (Lipinski definition) is 5. The third-order valence-corrected chi connectivity index (χ3v) is 4.74. The van der Waals surface area contributed by atoms with Gasteiger partial charge in [0.2, 0.25) is 11.8 Å². The van der Waals surface area contributed by atoms with Crippen LogP contribution >= 0.6 is 11.3 Å². The van der Waals surface area contributed by atoms with Gasteiger partial charge in [-0.05, 0) is 18.8 Å². The normalized spacial score (nSPS) is 20.6. The van der Waals surface area contributed by atoms with E-state index in [4.69, 9.17) is 0 Å². The van der Waals surface area contributed by atoms with Gasteiger partial charge in [0, 0.05) is 35.3 Å². The Bertz CT molecular complexity index is 683. The van der Waals surface area contributed by atoms with Gasteiger partial charge in [-0.1, -0.05) is 13.8 Å². The van der Waals surface area contributed by atoms with E-state index in [0.717, 1.165) is 12.1 Å². The molecule has 0 saturated heterocycles. The van der Waals surface area contributed by atoms with E-state index < -0.39 is 6.04 Å². The van der Waals surface area contributed by atoms with Gasteiger partial charge >= 0.3 is 0 Å². The SMILES string of the molecule is CC(C)CC(NC(=O)[C@@H]1C[C@H]1c1cnc[nH]1)C(=O)Nc1nccs1. The van der Waals surface area contributed by atoms with Gasteiger partial charge in [0.25, 0.3) is 0 Å². The monoisotopic (exact) mass is 347 g/mol. The molecule has 0 bridgehead atoms. The molecule has 1 fully saturated rings. The highest BCUT2D eigenvalue weighted by molar-refractivity contribution is 7.13. The minimum atomic E-state index is -0.551. The van der Waals surface area contributed by atoms with Crippen LogP contribution in [0.15, 0.2) is 24.1 Å². The standard InChI is InChI=1S/C16H21N5O2S/c1-9(2)5-12(15(23)21-16-18-3-4-24-16)20-14(22)11-6-10(11)13-7-17-8-19-13/h3-4,7-12H,5-6H2,1-2H3,(H,17,19)(H,20,22)(H,18,21,23)/t10-,11-,12?/m1/s1. The lowest BCUT2D eigenvalue weighted by Crippen LogP contribution is -2.45. The Kier molecular flexibility index (Phi) is 4.94. The lowest BCUT2D eigenvalue weighted by molar-refractivity contribution is -0.127. The van der Waals surface area contributed by atoms with Gasteiger partial charge in [0.15, 0.2) is 5.13 Å². The quantitative estimate of drug-likeness (QED) is 0.714. The number of carbonyl (C=O) groups is 2. The second-order valence-electron chi connectivity index (χ2n) is 6.47. The number of imidazole rings is 1. The average Bonchev–Trinajstić information content (AvgIpc) is 2.94. The summed E-state index contributed by atoms with van der Waals surface area (Å²) in [5, 5.41) is 8.02. The number of anilines is 1. The summed E-state index contributed by atoms with van der Waals surface area (Å²) in [5.74, 6) is 0.0854. The number of amides is 2. The molecular weight excluding hydrogens is 326 g/mol. The smallest absolute Gasteiger partial charge is 0.248 e. The number of nitrogens with one attached hydrogen (secondary N) is 3. The van der Waals surface area contributed by atoms with Crippen molar-refractivity contribution in [3.8, 4) is 0 Å². The molecule has 8 heteroatoms. The molecule has 3 atom stereocenters. The molecule has 1 unspecified atom stereocenters. The maximum atomic E-state index is 12.5. The molecule has 0 aliphatic heterocycles. The molecule has 128 valence electrons. The molecule has 2 amide bonds. The number of hydrogen-bond donors (Lipinski definition) is 3. The average molecular weight is 347 g/mol. The number of thiazole rings is 1. The highest BCUT2D eigenvalue weighted by Crippen LogP contribution is 2.46. The maximum absolute atomic E-state index is 12.5. The van der Waals surface area contributed by atoms with Gasteiger partial charge in [0.05, 0.1) is 6.33 Å². The molecule has 2 aromatic rings. The fraction of sp³-hybridized carbons (Fsp3) is 0.500. The Hall–Kier alpha value is -2.22. The Morgan fingerprint density at radius 3 is 2.92 bits per heavy atom. The van der Waals surface area contributed by atoms with Gasteiger partial charge in [-0.2, -0.15) is 0 Å². The summed E-state index contributed by atoms with van der Waals surface area (Å²) in [4.78, 5) is 36.0. The topological polar surface area (TPSA) is 99.8 Å². The second-order valence-corrected chi connectivity index (χ2v) is 7.37. The molecule has 1 aliphatic rings. The predicted molar refractivity (Wildman–Crippen MR) is 91.6 cm³/mol. The number of rotatable bonds is 7. The fourth-order valence-corrected chi connectivity index (χ4v) is 3.29. The molecule has 0 spiro atoms. The largest absolute Gasteiger partial charge is 0.348 e. The number of aromatic nitrogens is 3. The van der Waals surface area contributed by atoms with Gasteiger partial charge in [-0.3, -0.25) is 9.59 Å². The zero-order valence-electron chi connectivity index (χ0n) is 13.7. The third-order valence-electron chi connectivity index (χ3n) is 4.05. The molecule has 1 saturated carbocycles. The van der Waals surface area contributed by atoms with Crippen molar-refractivity contribution in [2.45, 2.75) is 38.6 Å². The van der Waals surface area contributed by atoms with Crippen molar-refractivity contribution < 1.29 is 9.59 Å². The zero-order valence-corrected chi connectivity index (χ0v) is 14.5. The van der Waals surface area contributed by atoms with Gasteiger partial charge in [-0.25, -0.2) is 9.97 Å². The highest BCUT2D eigenvalue weighted by Gasteiger charge is 2.45. The van der Waals surface area contributed by atoms with Crippen LogP contribution in [0.25, 0.3) is 0 Å². The summed E-state index contributed by atoms with van der Waals surface area (Å²) >= 11 is 1.36. The molecule has 24 heavy (non-hydrogen) atoms. The maximum Gasteiger partial charge on any atom is 0.248 e. The Balaban J connectivity index is 1.59. The molecule has 2 aromatic heterocycles. The first kappa shape index (κ1) is 16.6. The van der Waals surface area contributed by atoms with Gasteiger partial charge < -0.3 is 15.6 Å². The first-order valence-corrected chi connectivity index (χ1v) is 8.91. The fourth-order valence-electron chi connectivity index (χ4n) is 2.76. The summed E-state index contributed by atoms with van der Waals surface area (Å²) in [6.07, 6.45) is 6.38. The Labute approximate surface area is 144 Å². The molecule has 0 radical (unpaired) electrons. The van der Waals surface area contributed by atoms with E-state index in [1.807, 2.05) is 13.8 Å². The molecule has 3 rings (SSSR count). The molecule has 0 aromatic carbocycles. The van der Waals surface area contributed by atoms with E-state index in [-0.39, 0.29) is 23.7 Å². The van der Waals surface area contributed by atoms with Crippen LogP contribution in [-0.2, 0) is 9.59 Å². The Morgan fingerprint density at radius 1 is 1.46 bits per heavy atom. The summed E-state index contributed by atoms with van der Waals surface area (Å²) < 4.78 is 0. The van der Waals surface area contributed by atoms with E-state index in [1.165, 1.54) is 11.3 Å². The number of nitrogens with zero attached hydrogens (tertiary/aromatic N) is 2. The number of aromatic amines is 1. The molecule has 1 aliphatic carbocycles. The van der Waals surface area contributed by atoms with Crippen LogP contribution in [0.1, 0.15) is 38.3 Å². The predicted octanol–water partition coefficient (Wildman–Crippen LogP) is 2.14. The van der Waals surface area contributed by atoms with Crippen LogP contribution in [0.4, 0.5) is 5.13 Å². The van der Waals surface area contributed by atoms with Crippen molar-refractivity contribution in [2.75, 3.05) is 5.32 Å². The van der Waals surface area contributed by atoms with Crippen LogP contribution in [0.5, 0.6) is 0 Å². The first-order valence-electron chi connectivity index (χ1n) is 8.03. The zero-order chi connectivity index (χ0) is 17.1. The van der Waals surface area contributed by atoms with E-state index in [1.54, 1.807) is 24.1 Å². The molecule has 2 heterocycles. The van der Waals surface area contributed by atoms with Crippen LogP contribution in [-0.4, -0.2) is 32.8 Å². The molecule has 7 nitrogen and oxygen atoms in total. The lowest BCUT2D eigenvalue weighted by Gasteiger charge is -2.19.